The summed E-state index contributed by atoms with van der Waals surface area (Å²) in [7, 11) is 0. The predicted molar refractivity (Wildman–Crippen MR) is 154 cm³/mol. The van der Waals surface area contributed by atoms with Crippen molar-refractivity contribution in [2.24, 2.45) is 5.92 Å². The van der Waals surface area contributed by atoms with E-state index in [0.717, 1.165) is 28.0 Å². The van der Waals surface area contributed by atoms with Crippen molar-refractivity contribution in [1.82, 2.24) is 4.57 Å². The van der Waals surface area contributed by atoms with Crippen LogP contribution in [0, 0.1) is 5.92 Å². The first-order valence-electron chi connectivity index (χ1n) is 12.9. The van der Waals surface area contributed by atoms with Gasteiger partial charge in [-0.1, -0.05) is 23.1 Å². The number of thioether (sulfide) groups is 1. The minimum Gasteiger partial charge on any atom is -0.508 e. The number of anilines is 2. The van der Waals surface area contributed by atoms with Gasteiger partial charge in [-0.2, -0.15) is 0 Å². The largest absolute Gasteiger partial charge is 0.508 e. The Kier molecular flexibility index (Phi) is 7.21. The molecule has 11 nitrogen and oxygen atoms in total. The van der Waals surface area contributed by atoms with E-state index in [0.29, 0.717) is 27.0 Å². The lowest BCUT2D eigenvalue weighted by Gasteiger charge is -2.29. The first-order chi connectivity index (χ1) is 20.3. The number of esters is 1. The first-order valence-corrected chi connectivity index (χ1v) is 14.6. The molecule has 3 amide bonds. The Labute approximate surface area is 246 Å². The van der Waals surface area contributed by atoms with Crippen LogP contribution in [0.15, 0.2) is 81.2 Å². The molecule has 1 saturated heterocycles. The van der Waals surface area contributed by atoms with Gasteiger partial charge in [0.1, 0.15) is 23.3 Å². The van der Waals surface area contributed by atoms with E-state index in [4.69, 9.17) is 9.15 Å². The molecule has 0 radical (unpaired) electrons. The van der Waals surface area contributed by atoms with Crippen LogP contribution in [0.5, 0.6) is 5.75 Å². The molecule has 2 N–H and O–H groups in total. The number of nitrogens with one attached hydrogen (secondary N) is 1. The summed E-state index contributed by atoms with van der Waals surface area (Å²) in [5.74, 6) is -3.02. The summed E-state index contributed by atoms with van der Waals surface area (Å²) < 4.78 is 12.0. The number of ether oxygens (including phenoxy) is 1. The van der Waals surface area contributed by atoms with Gasteiger partial charge in [-0.15, -0.1) is 0 Å². The zero-order valence-corrected chi connectivity index (χ0v) is 23.6. The van der Waals surface area contributed by atoms with Crippen LogP contribution in [-0.2, 0) is 25.7 Å². The van der Waals surface area contributed by atoms with Crippen LogP contribution in [0.1, 0.15) is 33.8 Å². The van der Waals surface area contributed by atoms with E-state index in [2.05, 4.69) is 5.32 Å². The molecule has 13 heteroatoms. The Bertz CT molecular complexity index is 1740. The topological polar surface area (TPSA) is 148 Å². The third-order valence-corrected chi connectivity index (χ3v) is 9.59. The van der Waals surface area contributed by atoms with Gasteiger partial charge in [0.25, 0.3) is 0 Å². The van der Waals surface area contributed by atoms with Crippen molar-refractivity contribution in [2.45, 2.75) is 29.7 Å². The summed E-state index contributed by atoms with van der Waals surface area (Å²) >= 11 is 2.00. The molecule has 6 rings (SSSR count). The summed E-state index contributed by atoms with van der Waals surface area (Å²) in [4.78, 5) is 67.0. The lowest BCUT2D eigenvalue weighted by Crippen LogP contribution is -2.32. The maximum absolute atomic E-state index is 13.9. The van der Waals surface area contributed by atoms with Crippen molar-refractivity contribution in [3.63, 3.8) is 0 Å². The molecule has 2 aromatic carbocycles. The number of hydrogen-bond donors (Lipinski definition) is 2. The number of furan rings is 1. The van der Waals surface area contributed by atoms with Crippen LogP contribution in [0.4, 0.5) is 11.4 Å². The smallest absolute Gasteiger partial charge is 0.338 e. The SMILES string of the molecule is CCOC(=O)c1ccc(N2C(=O)C3Sc4c(sc(=O)n4CC(=O)Nc4ccc(O)cc4)[C@H](c4ccco4)C3C2=O)cc1. The van der Waals surface area contributed by atoms with Gasteiger partial charge >= 0.3 is 10.8 Å². The Morgan fingerprint density at radius 2 is 1.76 bits per heavy atom. The number of imide groups is 1. The fraction of sp³-hybridized carbons (Fsp3) is 0.207. The summed E-state index contributed by atoms with van der Waals surface area (Å²) in [5, 5.41) is 11.7. The fourth-order valence-electron chi connectivity index (χ4n) is 5.13. The molecular weight excluding hydrogens is 582 g/mol. The zero-order chi connectivity index (χ0) is 29.5. The predicted octanol–water partition coefficient (Wildman–Crippen LogP) is 3.82. The molecule has 0 saturated carbocycles. The summed E-state index contributed by atoms with van der Waals surface area (Å²) in [6, 6.07) is 15.3. The van der Waals surface area contributed by atoms with E-state index >= 15 is 0 Å². The van der Waals surface area contributed by atoms with Crippen molar-refractivity contribution in [1.29, 1.82) is 0 Å². The zero-order valence-electron chi connectivity index (χ0n) is 22.0. The number of nitrogens with zero attached hydrogens (tertiary/aromatic N) is 2. The van der Waals surface area contributed by atoms with Crippen LogP contribution in [-0.4, -0.2) is 45.2 Å². The number of amides is 3. The average Bonchev–Trinajstić information content (AvgIpc) is 3.67. The molecule has 2 aliphatic heterocycles. The monoisotopic (exact) mass is 605 g/mol. The minimum atomic E-state index is -0.884. The van der Waals surface area contributed by atoms with Gasteiger partial charge < -0.3 is 19.6 Å². The molecule has 2 aromatic heterocycles. The molecule has 0 spiro atoms. The van der Waals surface area contributed by atoms with Gasteiger partial charge in [0.2, 0.25) is 17.7 Å². The van der Waals surface area contributed by atoms with Gasteiger partial charge in [0.15, 0.2) is 0 Å². The quantitative estimate of drug-likeness (QED) is 0.182. The molecule has 4 aromatic rings. The highest BCUT2D eigenvalue weighted by atomic mass is 32.2. The van der Waals surface area contributed by atoms with Crippen molar-refractivity contribution in [3.8, 4) is 5.75 Å². The molecule has 2 unspecified atom stereocenters. The average molecular weight is 606 g/mol. The summed E-state index contributed by atoms with van der Waals surface area (Å²) in [5.41, 5.74) is 1.04. The summed E-state index contributed by atoms with van der Waals surface area (Å²) in [6.45, 7) is 1.59. The number of hydrogen-bond acceptors (Lipinski definition) is 10. The molecule has 2 aliphatic rings. The second kappa shape index (κ2) is 11.0. The Morgan fingerprint density at radius 1 is 1.02 bits per heavy atom. The molecule has 4 heterocycles. The van der Waals surface area contributed by atoms with E-state index in [9.17, 15) is 29.1 Å². The number of phenolic OH excluding ortho intramolecular Hbond substituents is 1. The Morgan fingerprint density at radius 3 is 2.43 bits per heavy atom. The normalized spacial score (nSPS) is 19.4. The summed E-state index contributed by atoms with van der Waals surface area (Å²) in [6.07, 6.45) is 1.46. The molecule has 214 valence electrons. The van der Waals surface area contributed by atoms with Crippen LogP contribution in [0.3, 0.4) is 0 Å². The highest BCUT2D eigenvalue weighted by Gasteiger charge is 2.57. The fourth-order valence-corrected chi connectivity index (χ4v) is 7.89. The molecule has 1 fully saturated rings. The number of fused-ring (bicyclic) bond motifs is 2. The number of aromatic hydroxyl groups is 1. The second-order valence-electron chi connectivity index (χ2n) is 9.56. The lowest BCUT2D eigenvalue weighted by atomic mass is 9.87. The van der Waals surface area contributed by atoms with Crippen molar-refractivity contribution >= 4 is 58.2 Å². The third-order valence-electron chi connectivity index (χ3n) is 6.99. The van der Waals surface area contributed by atoms with E-state index in [-0.39, 0.29) is 24.5 Å². The number of carbonyl (C=O) groups is 4. The number of carbonyl (C=O) groups excluding carboxylic acids is 4. The number of phenols is 1. The molecule has 42 heavy (non-hydrogen) atoms. The first kappa shape index (κ1) is 27.5. The van der Waals surface area contributed by atoms with Gasteiger partial charge in [-0.3, -0.25) is 23.7 Å². The van der Waals surface area contributed by atoms with Gasteiger partial charge in [0, 0.05) is 5.69 Å². The molecule has 3 atom stereocenters. The number of thiazole rings is 1. The van der Waals surface area contributed by atoms with Crippen LogP contribution < -0.4 is 15.1 Å². The molecule has 0 bridgehead atoms. The Hall–Kier alpha value is -4.62. The van der Waals surface area contributed by atoms with Gasteiger partial charge in [0.05, 0.1) is 45.9 Å². The van der Waals surface area contributed by atoms with E-state index in [1.165, 1.54) is 59.4 Å². The molecule has 0 aliphatic carbocycles. The highest BCUT2D eigenvalue weighted by molar-refractivity contribution is 8.00. The van der Waals surface area contributed by atoms with Crippen LogP contribution >= 0.6 is 23.1 Å². The minimum absolute atomic E-state index is 0.0470. The van der Waals surface area contributed by atoms with Crippen LogP contribution in [0.2, 0.25) is 0 Å². The lowest BCUT2D eigenvalue weighted by molar-refractivity contribution is -0.122. The van der Waals surface area contributed by atoms with Crippen molar-refractivity contribution < 1.29 is 33.4 Å². The van der Waals surface area contributed by atoms with E-state index < -0.39 is 45.6 Å². The number of rotatable bonds is 7. The van der Waals surface area contributed by atoms with Crippen molar-refractivity contribution in [3.05, 3.63) is 92.8 Å². The maximum atomic E-state index is 13.9. The second-order valence-corrected chi connectivity index (χ2v) is 11.7. The Balaban J connectivity index is 1.34. The van der Waals surface area contributed by atoms with Crippen molar-refractivity contribution in [2.75, 3.05) is 16.8 Å². The van der Waals surface area contributed by atoms with E-state index in [1.807, 2.05) is 0 Å². The third kappa shape index (κ3) is 4.80. The number of aromatic nitrogens is 1. The number of benzene rings is 2. The van der Waals surface area contributed by atoms with Crippen LogP contribution in [0.25, 0.3) is 0 Å². The highest BCUT2D eigenvalue weighted by Crippen LogP contribution is 2.53. The van der Waals surface area contributed by atoms with Gasteiger partial charge in [-0.25, -0.2) is 9.69 Å². The van der Waals surface area contributed by atoms with E-state index in [1.54, 1.807) is 19.1 Å². The van der Waals surface area contributed by atoms with Gasteiger partial charge in [-0.05, 0) is 67.6 Å². The maximum Gasteiger partial charge on any atom is 0.338 e. The molecular formula is C29H23N3O8S2. The standard InChI is InChI=1S/C29H23N3O8S2/c1-2-39-28(37)15-5-9-17(10-6-15)32-25(35)22-21(19-4-3-13-40-19)24-27(41-23(22)26(32)36)31(29(38)42-24)14-20(34)30-16-7-11-18(33)12-8-16/h3-13,21-23,33H,2,14H2,1H3,(H,30,34)/t21-,22?,23?/m1/s1.